The molecule has 5 rings (SSSR count). The Bertz CT molecular complexity index is 1110. The molecule has 0 unspecified atom stereocenters. The van der Waals surface area contributed by atoms with Crippen molar-refractivity contribution in [1.82, 2.24) is 19.9 Å². The van der Waals surface area contributed by atoms with Crippen LogP contribution in [0.25, 0.3) is 0 Å². The molecule has 3 aromatic rings. The van der Waals surface area contributed by atoms with Crippen molar-refractivity contribution < 1.29 is 4.79 Å². The second kappa shape index (κ2) is 9.24. The van der Waals surface area contributed by atoms with Crippen LogP contribution in [-0.2, 0) is 0 Å². The number of rotatable bonds is 5. The maximum absolute atomic E-state index is 12.7. The molecule has 0 radical (unpaired) electrons. The van der Waals surface area contributed by atoms with Gasteiger partial charge in [0.05, 0.1) is 23.6 Å². The molecule has 0 atom stereocenters. The molecule has 3 aromatic heterocycles. The van der Waals surface area contributed by atoms with Crippen LogP contribution in [0.4, 0.5) is 23.3 Å². The van der Waals surface area contributed by atoms with E-state index in [0.717, 1.165) is 57.3 Å². The molecule has 2 saturated heterocycles. The fraction of sp³-hybridized carbons (Fsp3) is 0.400. The number of aromatic nitrogens is 4. The second-order valence-corrected chi connectivity index (χ2v) is 9.63. The molecule has 9 heteroatoms. The third-order valence-corrected chi connectivity index (χ3v) is 6.44. The van der Waals surface area contributed by atoms with Crippen molar-refractivity contribution in [2.24, 2.45) is 5.41 Å². The quantitative estimate of drug-likeness (QED) is 0.624. The zero-order valence-corrected chi connectivity index (χ0v) is 19.7. The summed E-state index contributed by atoms with van der Waals surface area (Å²) < 4.78 is 0. The first kappa shape index (κ1) is 22.1. The highest BCUT2D eigenvalue weighted by Gasteiger charge is 2.29. The number of piperazine rings is 1. The third kappa shape index (κ3) is 4.93. The molecule has 0 bridgehead atoms. The van der Waals surface area contributed by atoms with Crippen LogP contribution >= 0.6 is 0 Å². The van der Waals surface area contributed by atoms with E-state index in [2.05, 4.69) is 53.8 Å². The van der Waals surface area contributed by atoms with Gasteiger partial charge in [0, 0.05) is 51.7 Å². The molecule has 2 aliphatic rings. The van der Waals surface area contributed by atoms with Gasteiger partial charge in [0.2, 0.25) is 5.95 Å². The lowest BCUT2D eigenvalue weighted by Gasteiger charge is -2.35. The van der Waals surface area contributed by atoms with Gasteiger partial charge in [-0.25, -0.2) is 19.9 Å². The number of nitrogens with zero attached hydrogens (tertiary/aromatic N) is 7. The minimum absolute atomic E-state index is 0.221. The maximum atomic E-state index is 12.7. The van der Waals surface area contributed by atoms with E-state index in [-0.39, 0.29) is 5.91 Å². The van der Waals surface area contributed by atoms with Crippen molar-refractivity contribution in [1.29, 1.82) is 0 Å². The predicted molar refractivity (Wildman–Crippen MR) is 133 cm³/mol. The van der Waals surface area contributed by atoms with Crippen molar-refractivity contribution in [3.8, 4) is 0 Å². The Morgan fingerprint density at radius 2 is 1.56 bits per heavy atom. The molecule has 0 spiro atoms. The van der Waals surface area contributed by atoms with Crippen molar-refractivity contribution >= 4 is 29.2 Å². The van der Waals surface area contributed by atoms with Crippen molar-refractivity contribution in [3.05, 3.63) is 60.7 Å². The van der Waals surface area contributed by atoms with Gasteiger partial charge >= 0.3 is 0 Å². The zero-order valence-electron chi connectivity index (χ0n) is 19.7. The highest BCUT2D eigenvalue weighted by Crippen LogP contribution is 2.31. The van der Waals surface area contributed by atoms with E-state index in [1.165, 1.54) is 0 Å². The van der Waals surface area contributed by atoms with Gasteiger partial charge in [-0.2, -0.15) is 0 Å². The average Bonchev–Trinajstić information content (AvgIpc) is 3.25. The Kier molecular flexibility index (Phi) is 6.00. The van der Waals surface area contributed by atoms with E-state index >= 15 is 0 Å². The molecule has 0 aromatic carbocycles. The van der Waals surface area contributed by atoms with Gasteiger partial charge in [0.1, 0.15) is 11.6 Å². The number of hydrogen-bond donors (Lipinski definition) is 1. The number of pyridine rings is 2. The van der Waals surface area contributed by atoms with Crippen LogP contribution in [0.3, 0.4) is 0 Å². The first-order chi connectivity index (χ1) is 16.5. The van der Waals surface area contributed by atoms with E-state index in [0.29, 0.717) is 22.6 Å². The van der Waals surface area contributed by atoms with Gasteiger partial charge in [-0.3, -0.25) is 4.79 Å². The summed E-state index contributed by atoms with van der Waals surface area (Å²) in [5, 5.41) is 2.87. The molecule has 0 saturated carbocycles. The molecular weight excluding hydrogens is 428 g/mol. The van der Waals surface area contributed by atoms with Crippen molar-refractivity contribution in [2.75, 3.05) is 59.3 Å². The van der Waals surface area contributed by atoms with Crippen molar-refractivity contribution in [3.63, 3.8) is 0 Å². The van der Waals surface area contributed by atoms with Gasteiger partial charge in [-0.15, -0.1) is 0 Å². The SMILES string of the molecule is CC1(C)CCN(c2ccc(C(=O)Nc3cnc(N4CCN(c5ccccn5)CC4)nc3)cn2)C1. The molecule has 0 aliphatic carbocycles. The standard InChI is InChI=1S/C25H30N8O/c1-25(2)8-10-33(18-25)22-7-6-19(15-27-22)23(34)30-20-16-28-24(29-17-20)32-13-11-31(12-14-32)21-5-3-4-9-26-21/h3-7,9,15-17H,8,10-14,18H2,1-2H3,(H,30,34). The number of anilines is 4. The summed E-state index contributed by atoms with van der Waals surface area (Å²) in [5.74, 6) is 2.35. The maximum Gasteiger partial charge on any atom is 0.257 e. The van der Waals surface area contributed by atoms with E-state index < -0.39 is 0 Å². The molecule has 176 valence electrons. The number of hydrogen-bond acceptors (Lipinski definition) is 8. The summed E-state index contributed by atoms with van der Waals surface area (Å²) in [4.78, 5) is 37.2. The first-order valence-electron chi connectivity index (χ1n) is 11.7. The summed E-state index contributed by atoms with van der Waals surface area (Å²) in [5.41, 5.74) is 1.37. The van der Waals surface area contributed by atoms with Gasteiger partial charge in [-0.1, -0.05) is 19.9 Å². The van der Waals surface area contributed by atoms with Gasteiger partial charge in [0.25, 0.3) is 5.91 Å². The monoisotopic (exact) mass is 458 g/mol. The molecule has 9 nitrogen and oxygen atoms in total. The Hall–Kier alpha value is -3.75. The van der Waals surface area contributed by atoms with Crippen LogP contribution in [-0.4, -0.2) is 65.1 Å². The highest BCUT2D eigenvalue weighted by molar-refractivity contribution is 6.04. The highest BCUT2D eigenvalue weighted by atomic mass is 16.1. The van der Waals surface area contributed by atoms with Crippen LogP contribution in [0, 0.1) is 5.41 Å². The smallest absolute Gasteiger partial charge is 0.257 e. The normalized spacial score (nSPS) is 17.6. The Balaban J connectivity index is 1.15. The van der Waals surface area contributed by atoms with E-state index in [9.17, 15) is 4.79 Å². The third-order valence-electron chi connectivity index (χ3n) is 6.44. The summed E-state index contributed by atoms with van der Waals surface area (Å²) >= 11 is 0. The molecule has 1 amide bonds. The summed E-state index contributed by atoms with van der Waals surface area (Å²) in [7, 11) is 0. The number of amides is 1. The summed E-state index contributed by atoms with van der Waals surface area (Å²) in [6, 6.07) is 9.69. The molecule has 2 fully saturated rings. The van der Waals surface area contributed by atoms with Gasteiger partial charge < -0.3 is 20.0 Å². The van der Waals surface area contributed by atoms with E-state index in [4.69, 9.17) is 0 Å². The fourth-order valence-corrected chi connectivity index (χ4v) is 4.44. The van der Waals surface area contributed by atoms with Crippen molar-refractivity contribution in [2.45, 2.75) is 20.3 Å². The minimum Gasteiger partial charge on any atom is -0.356 e. The topological polar surface area (TPSA) is 90.4 Å². The van der Waals surface area contributed by atoms with Crippen LogP contribution in [0.5, 0.6) is 0 Å². The largest absolute Gasteiger partial charge is 0.356 e. The second-order valence-electron chi connectivity index (χ2n) is 9.63. The molecule has 1 N–H and O–H groups in total. The number of carbonyl (C=O) groups excluding carboxylic acids is 1. The van der Waals surface area contributed by atoms with Crippen LogP contribution in [0.1, 0.15) is 30.6 Å². The van der Waals surface area contributed by atoms with E-state index in [1.54, 1.807) is 18.6 Å². The molecule has 2 aliphatic heterocycles. The Morgan fingerprint density at radius 3 is 2.18 bits per heavy atom. The summed E-state index contributed by atoms with van der Waals surface area (Å²) in [6.07, 6.45) is 7.90. The number of nitrogens with one attached hydrogen (secondary N) is 1. The van der Waals surface area contributed by atoms with E-state index in [1.807, 2.05) is 36.5 Å². The molecule has 34 heavy (non-hydrogen) atoms. The number of carbonyl (C=O) groups is 1. The van der Waals surface area contributed by atoms with Gasteiger partial charge in [-0.05, 0) is 36.1 Å². The van der Waals surface area contributed by atoms with Crippen LogP contribution in [0.2, 0.25) is 0 Å². The van der Waals surface area contributed by atoms with Crippen LogP contribution in [0.15, 0.2) is 55.1 Å². The minimum atomic E-state index is -0.221. The predicted octanol–water partition coefficient (Wildman–Crippen LogP) is 3.08. The first-order valence-corrected chi connectivity index (χ1v) is 11.7. The lowest BCUT2D eigenvalue weighted by atomic mass is 9.93. The van der Waals surface area contributed by atoms with Crippen LogP contribution < -0.4 is 20.0 Å². The molecular formula is C25H30N8O. The van der Waals surface area contributed by atoms with Gasteiger partial charge in [0.15, 0.2) is 0 Å². The Morgan fingerprint density at radius 1 is 0.824 bits per heavy atom. The Labute approximate surface area is 199 Å². The summed E-state index contributed by atoms with van der Waals surface area (Å²) in [6.45, 7) is 9.85. The lowest BCUT2D eigenvalue weighted by Crippen LogP contribution is -2.47. The fourth-order valence-electron chi connectivity index (χ4n) is 4.44. The lowest BCUT2D eigenvalue weighted by molar-refractivity contribution is 0.102. The zero-order chi connectivity index (χ0) is 23.5. The average molecular weight is 459 g/mol. The molecule has 5 heterocycles.